The van der Waals surface area contributed by atoms with Crippen molar-refractivity contribution < 1.29 is 9.13 Å². The molecule has 4 aliphatic heterocycles. The second-order valence-electron chi connectivity index (χ2n) is 11.6. The minimum Gasteiger partial charge on any atom is -0.476 e. The number of pyridine rings is 2. The summed E-state index contributed by atoms with van der Waals surface area (Å²) in [6.07, 6.45) is 6.21. The van der Waals surface area contributed by atoms with E-state index in [-0.39, 0.29) is 5.82 Å². The van der Waals surface area contributed by atoms with Crippen LogP contribution in [0.15, 0.2) is 36.5 Å². The molecule has 0 radical (unpaired) electrons. The maximum absolute atomic E-state index is 16.5. The van der Waals surface area contributed by atoms with Crippen molar-refractivity contribution in [1.82, 2.24) is 24.8 Å². The minimum absolute atomic E-state index is 0.344. The second-order valence-corrected chi connectivity index (χ2v) is 11.6. The highest BCUT2D eigenvalue weighted by atomic mass is 19.1. The molecule has 4 fully saturated rings. The van der Waals surface area contributed by atoms with Crippen LogP contribution in [0, 0.1) is 18.7 Å². The number of benzene rings is 1. The third kappa shape index (κ3) is 3.19. The average molecular weight is 513 g/mol. The van der Waals surface area contributed by atoms with Gasteiger partial charge in [0.15, 0.2) is 11.6 Å². The van der Waals surface area contributed by atoms with Crippen molar-refractivity contribution in [2.24, 2.45) is 5.92 Å². The Morgan fingerprint density at radius 1 is 1.18 bits per heavy atom. The summed E-state index contributed by atoms with van der Waals surface area (Å²) >= 11 is 0. The number of rotatable bonds is 5. The van der Waals surface area contributed by atoms with Crippen molar-refractivity contribution >= 4 is 33.3 Å². The number of fused-ring (bicyclic) bond motifs is 5. The summed E-state index contributed by atoms with van der Waals surface area (Å²) in [5, 5.41) is 5.37. The molecule has 196 valence electrons. The number of nitrogens with zero attached hydrogens (tertiary/aromatic N) is 5. The molecular formula is C30H33FN6O. The van der Waals surface area contributed by atoms with Crippen molar-refractivity contribution in [2.45, 2.75) is 50.7 Å². The monoisotopic (exact) mass is 512 g/mol. The highest BCUT2D eigenvalue weighted by Crippen LogP contribution is 2.48. The number of hydrogen-bond donors (Lipinski definition) is 1. The number of ether oxygens (including phenoxy) is 1. The number of nitrogens with one attached hydrogen (secondary N) is 1. The van der Waals surface area contributed by atoms with Gasteiger partial charge in [0, 0.05) is 48.1 Å². The Hall–Kier alpha value is -3.23. The molecule has 1 aliphatic carbocycles. The molecule has 5 aliphatic rings. The lowest BCUT2D eigenvalue weighted by Crippen LogP contribution is -2.39. The largest absolute Gasteiger partial charge is 0.476 e. The number of aryl methyl sites for hydroxylation is 1. The zero-order valence-electron chi connectivity index (χ0n) is 22.0. The first-order chi connectivity index (χ1) is 18.6. The van der Waals surface area contributed by atoms with Gasteiger partial charge in [-0.1, -0.05) is 18.2 Å². The lowest BCUT2D eigenvalue weighted by atomic mass is 9.79. The number of aromatic nitrogens is 3. The smallest absolute Gasteiger partial charge is 0.223 e. The molecule has 7 nitrogen and oxygen atoms in total. The number of hydrogen-bond acceptors (Lipinski definition) is 6. The first-order valence-electron chi connectivity index (χ1n) is 14.0. The van der Waals surface area contributed by atoms with Crippen LogP contribution in [0.1, 0.15) is 36.6 Å². The van der Waals surface area contributed by atoms with Crippen molar-refractivity contribution in [3.8, 4) is 5.88 Å². The Balaban J connectivity index is 1.30. The fourth-order valence-corrected chi connectivity index (χ4v) is 7.45. The normalized spacial score (nSPS) is 26.4. The zero-order valence-corrected chi connectivity index (χ0v) is 22.0. The first-order valence-corrected chi connectivity index (χ1v) is 14.0. The number of halogens is 1. The summed E-state index contributed by atoms with van der Waals surface area (Å²) in [5.41, 5.74) is 4.76. The van der Waals surface area contributed by atoms with Crippen LogP contribution in [0.4, 0.5) is 15.9 Å². The molecule has 2 bridgehead atoms. The predicted molar refractivity (Wildman–Crippen MR) is 147 cm³/mol. The van der Waals surface area contributed by atoms with Crippen LogP contribution in [0.25, 0.3) is 21.8 Å². The van der Waals surface area contributed by atoms with E-state index in [1.54, 1.807) is 0 Å². The Labute approximate surface area is 221 Å². The van der Waals surface area contributed by atoms with Gasteiger partial charge in [-0.3, -0.25) is 0 Å². The van der Waals surface area contributed by atoms with Crippen molar-refractivity contribution in [3.05, 3.63) is 53.6 Å². The van der Waals surface area contributed by atoms with E-state index in [1.165, 1.54) is 24.1 Å². The topological polar surface area (TPSA) is 58.5 Å². The molecule has 0 spiro atoms. The summed E-state index contributed by atoms with van der Waals surface area (Å²) < 4.78 is 25.3. The number of para-hydroxylation sites is 1. The highest BCUT2D eigenvalue weighted by molar-refractivity contribution is 6.07. The van der Waals surface area contributed by atoms with E-state index in [0.29, 0.717) is 54.4 Å². The van der Waals surface area contributed by atoms with E-state index in [9.17, 15) is 0 Å². The van der Waals surface area contributed by atoms with Gasteiger partial charge in [-0.05, 0) is 69.8 Å². The van der Waals surface area contributed by atoms with E-state index < -0.39 is 0 Å². The van der Waals surface area contributed by atoms with Gasteiger partial charge in [-0.15, -0.1) is 0 Å². The molecule has 1 aromatic carbocycles. The first kappa shape index (κ1) is 22.7. The van der Waals surface area contributed by atoms with Gasteiger partial charge in [-0.2, -0.15) is 0 Å². The van der Waals surface area contributed by atoms with E-state index in [0.717, 1.165) is 47.9 Å². The molecular weight excluding hydrogens is 479 g/mol. The predicted octanol–water partition coefficient (Wildman–Crippen LogP) is 4.73. The summed E-state index contributed by atoms with van der Waals surface area (Å²) in [4.78, 5) is 13.9. The summed E-state index contributed by atoms with van der Waals surface area (Å²) in [7, 11) is 2.15. The quantitative estimate of drug-likeness (QED) is 0.417. The highest BCUT2D eigenvalue weighted by Gasteiger charge is 2.48. The van der Waals surface area contributed by atoms with E-state index in [1.807, 2.05) is 29.3 Å². The van der Waals surface area contributed by atoms with Crippen LogP contribution in [0.3, 0.4) is 0 Å². The number of likely N-dealkylation sites (tertiary alicyclic amines) is 1. The maximum Gasteiger partial charge on any atom is 0.223 e. The Morgan fingerprint density at radius 2 is 2.08 bits per heavy atom. The van der Waals surface area contributed by atoms with Crippen LogP contribution in [-0.2, 0) is 6.42 Å². The third-order valence-corrected chi connectivity index (χ3v) is 9.52. The average Bonchev–Trinajstić information content (AvgIpc) is 3.74. The van der Waals surface area contributed by atoms with Gasteiger partial charge in [-0.25, -0.2) is 14.4 Å². The molecule has 38 heavy (non-hydrogen) atoms. The fraction of sp³-hybridized carbons (Fsp3) is 0.467. The lowest BCUT2D eigenvalue weighted by Gasteiger charge is -2.37. The maximum atomic E-state index is 16.5. The molecule has 4 atom stereocenters. The van der Waals surface area contributed by atoms with Crippen molar-refractivity contribution in [3.63, 3.8) is 0 Å². The standard InChI is InChI=1S/C30H33FN6O/c1-17-12-21-28(37(17)27-19-13-23(27)32-14-19)22-15-33-29(36-11-9-18-6-3-4-8-24(18)36)25(31)26(22)34-30(21)38-16-20-7-5-10-35(20)2/h3-4,6,8,12,15,19-20,23,27,32H,5,7,9-11,13-14,16H2,1-2H3. The Bertz CT molecular complexity index is 1570. The van der Waals surface area contributed by atoms with E-state index in [2.05, 4.69) is 40.9 Å². The van der Waals surface area contributed by atoms with E-state index >= 15 is 4.39 Å². The zero-order chi connectivity index (χ0) is 25.5. The van der Waals surface area contributed by atoms with Crippen LogP contribution >= 0.6 is 0 Å². The SMILES string of the molecule is Cc1cc2c(OCC3CCCN3C)nc3c(F)c(N4CCc5ccccc54)ncc3c2n1C1C2CNC1C2. The molecule has 0 amide bonds. The van der Waals surface area contributed by atoms with Crippen molar-refractivity contribution in [2.75, 3.05) is 38.2 Å². The minimum atomic E-state index is -0.371. The van der Waals surface area contributed by atoms with Crippen LogP contribution in [-0.4, -0.2) is 64.8 Å². The Morgan fingerprint density at radius 3 is 2.87 bits per heavy atom. The molecule has 8 heteroatoms. The van der Waals surface area contributed by atoms with Gasteiger partial charge in [0.05, 0.1) is 16.9 Å². The van der Waals surface area contributed by atoms with Gasteiger partial charge < -0.3 is 24.4 Å². The Kier molecular flexibility index (Phi) is 5.01. The molecule has 1 N–H and O–H groups in total. The molecule has 1 saturated carbocycles. The van der Waals surface area contributed by atoms with Gasteiger partial charge in [0.2, 0.25) is 5.88 Å². The number of anilines is 2. The summed E-state index contributed by atoms with van der Waals surface area (Å²) in [6.45, 7) is 5.55. The fourth-order valence-electron chi connectivity index (χ4n) is 7.45. The van der Waals surface area contributed by atoms with Crippen molar-refractivity contribution in [1.29, 1.82) is 0 Å². The molecule has 4 aromatic rings. The van der Waals surface area contributed by atoms with Crippen LogP contribution in [0.2, 0.25) is 0 Å². The molecule has 4 unspecified atom stereocenters. The lowest BCUT2D eigenvalue weighted by molar-refractivity contribution is 0.195. The van der Waals surface area contributed by atoms with E-state index in [4.69, 9.17) is 14.7 Å². The second kappa shape index (κ2) is 8.38. The van der Waals surface area contributed by atoms with Gasteiger partial charge in [0.25, 0.3) is 0 Å². The number of likely N-dealkylation sites (N-methyl/N-ethyl adjacent to an activating group) is 1. The molecule has 3 aromatic heterocycles. The van der Waals surface area contributed by atoms with Gasteiger partial charge >= 0.3 is 0 Å². The molecule has 9 rings (SSSR count). The molecule has 3 saturated heterocycles. The van der Waals surface area contributed by atoms with Gasteiger partial charge in [0.1, 0.15) is 12.1 Å². The summed E-state index contributed by atoms with van der Waals surface area (Å²) in [6, 6.07) is 11.6. The van der Waals surface area contributed by atoms with Crippen LogP contribution < -0.4 is 15.0 Å². The molecule has 7 heterocycles. The summed E-state index contributed by atoms with van der Waals surface area (Å²) in [5.74, 6) is 1.11. The third-order valence-electron chi connectivity index (χ3n) is 9.52. The van der Waals surface area contributed by atoms with Crippen LogP contribution in [0.5, 0.6) is 5.88 Å².